The molecule has 25 heavy (non-hydrogen) atoms. The Bertz CT molecular complexity index is 666. The highest BCUT2D eigenvalue weighted by Gasteiger charge is 2.16. The molecule has 1 amide bonds. The zero-order valence-corrected chi connectivity index (χ0v) is 15.8. The van der Waals surface area contributed by atoms with Crippen molar-refractivity contribution in [3.63, 3.8) is 0 Å². The van der Waals surface area contributed by atoms with E-state index in [1.807, 2.05) is 19.1 Å². The maximum absolute atomic E-state index is 12.3. The molecule has 0 fully saturated rings. The first-order chi connectivity index (χ1) is 12.0. The Hall–Kier alpha value is -1.85. The number of halogens is 1. The number of benzene rings is 1. The minimum atomic E-state index is -0.209. The van der Waals surface area contributed by atoms with Crippen molar-refractivity contribution in [1.82, 2.24) is 15.4 Å². The molecule has 0 bridgehead atoms. The van der Waals surface area contributed by atoms with E-state index in [0.29, 0.717) is 16.5 Å². The van der Waals surface area contributed by atoms with Gasteiger partial charge in [0.2, 0.25) is 0 Å². The molecule has 0 saturated heterocycles. The minimum Gasteiger partial charge on any atom is -0.355 e. The van der Waals surface area contributed by atoms with Crippen molar-refractivity contribution in [2.24, 2.45) is 0 Å². The number of amides is 1. The Balaban J connectivity index is 1.85. The van der Waals surface area contributed by atoms with Crippen LogP contribution in [0.2, 0.25) is 5.02 Å². The van der Waals surface area contributed by atoms with Gasteiger partial charge in [0.05, 0.1) is 0 Å². The number of carbonyl (C=O) groups is 1. The van der Waals surface area contributed by atoms with E-state index in [2.05, 4.69) is 29.2 Å². The number of nitrogens with zero attached hydrogens (tertiary/aromatic N) is 2. The normalized spacial score (nSPS) is 12.4. The molecule has 0 aliphatic heterocycles. The van der Waals surface area contributed by atoms with Gasteiger partial charge in [-0.05, 0) is 63.7 Å². The summed E-state index contributed by atoms with van der Waals surface area (Å²) in [5, 5.41) is 7.51. The van der Waals surface area contributed by atoms with E-state index in [-0.39, 0.29) is 11.9 Å². The van der Waals surface area contributed by atoms with E-state index < -0.39 is 0 Å². The summed E-state index contributed by atoms with van der Waals surface area (Å²) in [4.78, 5) is 14.7. The van der Waals surface area contributed by atoms with Crippen molar-refractivity contribution < 1.29 is 9.32 Å². The summed E-state index contributed by atoms with van der Waals surface area (Å²) in [5.74, 6) is 0.343. The fraction of sp³-hybridized carbons (Fsp3) is 0.474. The van der Waals surface area contributed by atoms with E-state index in [9.17, 15) is 4.79 Å². The van der Waals surface area contributed by atoms with Gasteiger partial charge in [-0.1, -0.05) is 30.6 Å². The topological polar surface area (TPSA) is 58.4 Å². The van der Waals surface area contributed by atoms with Crippen LogP contribution in [0.15, 0.2) is 34.9 Å². The zero-order chi connectivity index (χ0) is 18.2. The van der Waals surface area contributed by atoms with Crippen molar-refractivity contribution in [3.05, 3.63) is 41.0 Å². The summed E-state index contributed by atoms with van der Waals surface area (Å²) in [6.07, 6.45) is 1.99. The highest BCUT2D eigenvalue weighted by molar-refractivity contribution is 6.30. The molecule has 6 heteroatoms. The van der Waals surface area contributed by atoms with E-state index in [4.69, 9.17) is 16.1 Å². The molecule has 1 N–H and O–H groups in total. The molecular formula is C19H26ClN3O2. The van der Waals surface area contributed by atoms with Gasteiger partial charge in [0.25, 0.3) is 5.91 Å². The monoisotopic (exact) mass is 363 g/mol. The Labute approximate surface area is 154 Å². The third kappa shape index (κ3) is 5.87. The Morgan fingerprint density at radius 3 is 2.60 bits per heavy atom. The minimum absolute atomic E-state index is 0.0961. The van der Waals surface area contributed by atoms with Crippen LogP contribution in [0.25, 0.3) is 11.3 Å². The molecule has 2 rings (SSSR count). The number of carbonyl (C=O) groups excluding carboxylic acids is 1. The smallest absolute Gasteiger partial charge is 0.273 e. The van der Waals surface area contributed by atoms with Crippen LogP contribution in [0.3, 0.4) is 0 Å². The molecule has 0 spiro atoms. The van der Waals surface area contributed by atoms with Crippen LogP contribution in [-0.2, 0) is 0 Å². The van der Waals surface area contributed by atoms with Gasteiger partial charge in [-0.15, -0.1) is 0 Å². The summed E-state index contributed by atoms with van der Waals surface area (Å²) in [6.45, 7) is 9.51. The summed E-state index contributed by atoms with van der Waals surface area (Å²) in [7, 11) is 0. The molecule has 2 aromatic rings. The summed E-state index contributed by atoms with van der Waals surface area (Å²) in [5.41, 5.74) is 1.13. The predicted octanol–water partition coefficient (Wildman–Crippen LogP) is 4.24. The van der Waals surface area contributed by atoms with Crippen LogP contribution < -0.4 is 5.32 Å². The lowest BCUT2D eigenvalue weighted by molar-refractivity contribution is 0.0928. The quantitative estimate of drug-likeness (QED) is 0.724. The van der Waals surface area contributed by atoms with Crippen LogP contribution in [-0.4, -0.2) is 41.6 Å². The molecule has 1 aromatic heterocycles. The first-order valence-corrected chi connectivity index (χ1v) is 9.17. The zero-order valence-electron chi connectivity index (χ0n) is 15.1. The molecule has 0 radical (unpaired) electrons. The number of nitrogens with one attached hydrogen (secondary N) is 1. The van der Waals surface area contributed by atoms with Crippen LogP contribution in [0.1, 0.15) is 44.1 Å². The molecule has 0 saturated carbocycles. The maximum atomic E-state index is 12.3. The molecule has 136 valence electrons. The summed E-state index contributed by atoms with van der Waals surface area (Å²) < 4.78 is 5.27. The van der Waals surface area contributed by atoms with Gasteiger partial charge in [-0.3, -0.25) is 4.79 Å². The number of hydrogen-bond acceptors (Lipinski definition) is 4. The maximum Gasteiger partial charge on any atom is 0.273 e. The lowest BCUT2D eigenvalue weighted by atomic mass is 10.1. The van der Waals surface area contributed by atoms with E-state index in [1.54, 1.807) is 18.2 Å². The molecule has 0 aliphatic rings. The van der Waals surface area contributed by atoms with Gasteiger partial charge in [0.1, 0.15) is 0 Å². The fourth-order valence-electron chi connectivity index (χ4n) is 2.66. The second kappa shape index (κ2) is 9.59. The number of rotatable bonds is 9. The molecule has 1 heterocycles. The van der Waals surface area contributed by atoms with Gasteiger partial charge in [0, 0.05) is 22.7 Å². The van der Waals surface area contributed by atoms with Crippen LogP contribution in [0.4, 0.5) is 0 Å². The van der Waals surface area contributed by atoms with E-state index in [1.165, 1.54) is 0 Å². The SMILES string of the molecule is CCN(CC)CCCC(C)NC(=O)c1cc(-c2ccc(Cl)cc2)on1. The Morgan fingerprint density at radius 2 is 1.96 bits per heavy atom. The number of aromatic nitrogens is 1. The van der Waals surface area contributed by atoms with Crippen molar-refractivity contribution in [2.75, 3.05) is 19.6 Å². The molecule has 1 unspecified atom stereocenters. The molecular weight excluding hydrogens is 338 g/mol. The fourth-order valence-corrected chi connectivity index (χ4v) is 2.79. The Kier molecular flexibility index (Phi) is 7.47. The highest BCUT2D eigenvalue weighted by atomic mass is 35.5. The van der Waals surface area contributed by atoms with Gasteiger partial charge >= 0.3 is 0 Å². The van der Waals surface area contributed by atoms with Gasteiger partial charge in [-0.2, -0.15) is 0 Å². The van der Waals surface area contributed by atoms with Crippen molar-refractivity contribution in [3.8, 4) is 11.3 Å². The van der Waals surface area contributed by atoms with Gasteiger partial charge < -0.3 is 14.7 Å². The second-order valence-corrected chi connectivity index (χ2v) is 6.56. The number of hydrogen-bond donors (Lipinski definition) is 1. The molecule has 5 nitrogen and oxygen atoms in total. The van der Waals surface area contributed by atoms with Crippen molar-refractivity contribution in [2.45, 2.75) is 39.7 Å². The van der Waals surface area contributed by atoms with Gasteiger partial charge in [-0.25, -0.2) is 0 Å². The van der Waals surface area contributed by atoms with E-state index >= 15 is 0 Å². The summed E-state index contributed by atoms with van der Waals surface area (Å²) in [6, 6.07) is 8.97. The van der Waals surface area contributed by atoms with Crippen molar-refractivity contribution >= 4 is 17.5 Å². The highest BCUT2D eigenvalue weighted by Crippen LogP contribution is 2.22. The third-order valence-corrected chi connectivity index (χ3v) is 4.51. The second-order valence-electron chi connectivity index (χ2n) is 6.13. The molecule has 1 aromatic carbocycles. The van der Waals surface area contributed by atoms with Crippen LogP contribution in [0.5, 0.6) is 0 Å². The van der Waals surface area contributed by atoms with Crippen LogP contribution >= 0.6 is 11.6 Å². The summed E-state index contributed by atoms with van der Waals surface area (Å²) >= 11 is 5.88. The first kappa shape index (κ1) is 19.5. The lowest BCUT2D eigenvalue weighted by Gasteiger charge is -2.19. The van der Waals surface area contributed by atoms with E-state index in [0.717, 1.165) is 38.0 Å². The standard InChI is InChI=1S/C19H26ClN3O2/c1-4-23(5-2)12-6-7-14(3)21-19(24)17-13-18(25-22-17)15-8-10-16(20)11-9-15/h8-11,13-14H,4-7,12H2,1-3H3,(H,21,24). The predicted molar refractivity (Wildman–Crippen MR) is 101 cm³/mol. The third-order valence-electron chi connectivity index (χ3n) is 4.25. The molecule has 0 aliphatic carbocycles. The molecule has 1 atom stereocenters. The Morgan fingerprint density at radius 1 is 1.28 bits per heavy atom. The average molecular weight is 364 g/mol. The average Bonchev–Trinajstić information content (AvgIpc) is 3.09. The van der Waals surface area contributed by atoms with Gasteiger partial charge in [0.15, 0.2) is 11.5 Å². The van der Waals surface area contributed by atoms with Crippen molar-refractivity contribution in [1.29, 1.82) is 0 Å². The largest absolute Gasteiger partial charge is 0.355 e. The first-order valence-electron chi connectivity index (χ1n) is 8.79. The van der Waals surface area contributed by atoms with Crippen LogP contribution in [0, 0.1) is 0 Å². The lowest BCUT2D eigenvalue weighted by Crippen LogP contribution is -2.33.